The molecule has 6 aromatic carbocycles. The Morgan fingerprint density at radius 1 is 0.361 bits per heavy atom. The van der Waals surface area contributed by atoms with E-state index in [4.69, 9.17) is 18.9 Å². The van der Waals surface area contributed by atoms with Crippen molar-refractivity contribution in [2.75, 3.05) is 26.4 Å². The van der Waals surface area contributed by atoms with Crippen LogP contribution in [0.3, 0.4) is 0 Å². The van der Waals surface area contributed by atoms with Crippen molar-refractivity contribution in [3.63, 3.8) is 0 Å². The summed E-state index contributed by atoms with van der Waals surface area (Å²) in [4.78, 5) is 0. The molecule has 0 spiro atoms. The molecular formula is C64H92O8. The van der Waals surface area contributed by atoms with Gasteiger partial charge in [-0.15, -0.1) is 0 Å². The second kappa shape index (κ2) is 28.4. The minimum absolute atomic E-state index is 0.113. The molecule has 4 N–H and O–H groups in total. The second-order valence-corrected chi connectivity index (χ2v) is 24.4. The summed E-state index contributed by atoms with van der Waals surface area (Å²) in [6.07, 6.45) is 1.30. The van der Waals surface area contributed by atoms with Crippen LogP contribution in [0.25, 0.3) is 21.5 Å². The highest BCUT2D eigenvalue weighted by Gasteiger charge is 2.20. The van der Waals surface area contributed by atoms with Gasteiger partial charge in [0.05, 0.1) is 24.4 Å². The van der Waals surface area contributed by atoms with E-state index in [0.29, 0.717) is 26.4 Å². The fraction of sp³-hybridized carbons (Fsp3) is 0.500. The first kappa shape index (κ1) is 61.2. The predicted molar refractivity (Wildman–Crippen MR) is 302 cm³/mol. The van der Waals surface area contributed by atoms with E-state index in [9.17, 15) is 20.4 Å². The Bertz CT molecular complexity index is 2470. The van der Waals surface area contributed by atoms with Gasteiger partial charge in [0.2, 0.25) is 0 Å². The Hall–Kier alpha value is -5.12. The van der Waals surface area contributed by atoms with Crippen LogP contribution < -0.4 is 18.9 Å². The highest BCUT2D eigenvalue weighted by atomic mass is 16.5. The average molecular weight is 989 g/mol. The maximum atomic E-state index is 9.99. The summed E-state index contributed by atoms with van der Waals surface area (Å²) >= 11 is 0. The van der Waals surface area contributed by atoms with Crippen LogP contribution in [0.15, 0.2) is 121 Å². The quantitative estimate of drug-likeness (QED) is 0.0757. The molecule has 8 nitrogen and oxygen atoms in total. The van der Waals surface area contributed by atoms with Crippen LogP contribution in [0.1, 0.15) is 131 Å². The van der Waals surface area contributed by atoms with E-state index in [2.05, 4.69) is 126 Å². The number of fused-ring (bicyclic) bond motifs is 2. The largest absolute Gasteiger partial charge is 0.491 e. The number of aliphatic hydroxyl groups excluding tert-OH is 4. The van der Waals surface area contributed by atoms with E-state index in [0.717, 1.165) is 76.0 Å². The lowest BCUT2D eigenvalue weighted by Crippen LogP contribution is -2.24. The number of ether oxygens (including phenoxy) is 4. The van der Waals surface area contributed by atoms with Gasteiger partial charge in [0.25, 0.3) is 0 Å². The molecule has 0 heterocycles. The molecule has 72 heavy (non-hydrogen) atoms. The Labute approximate surface area is 434 Å². The van der Waals surface area contributed by atoms with Crippen LogP contribution >= 0.6 is 0 Å². The molecule has 0 aliphatic carbocycles. The maximum Gasteiger partial charge on any atom is 0.127 e. The molecule has 0 radical (unpaired) electrons. The van der Waals surface area contributed by atoms with E-state index in [1.807, 2.05) is 106 Å². The van der Waals surface area contributed by atoms with Gasteiger partial charge in [-0.05, 0) is 138 Å². The number of benzene rings is 6. The molecule has 0 aliphatic rings. The van der Waals surface area contributed by atoms with Gasteiger partial charge in [0.1, 0.15) is 49.4 Å². The summed E-state index contributed by atoms with van der Waals surface area (Å²) in [7, 11) is 0. The number of hydrogen-bond donors (Lipinski definition) is 4. The van der Waals surface area contributed by atoms with Crippen LogP contribution in [0.4, 0.5) is 0 Å². The fourth-order valence-corrected chi connectivity index (χ4v) is 8.49. The molecule has 4 unspecified atom stereocenters. The first-order valence-corrected chi connectivity index (χ1v) is 25.8. The van der Waals surface area contributed by atoms with E-state index in [1.54, 1.807) is 0 Å². The lowest BCUT2D eigenvalue weighted by Gasteiger charge is -2.23. The van der Waals surface area contributed by atoms with Crippen LogP contribution in [0.2, 0.25) is 0 Å². The summed E-state index contributed by atoms with van der Waals surface area (Å²) in [6, 6.07) is 40.4. The third-order valence-electron chi connectivity index (χ3n) is 11.2. The normalized spacial score (nSPS) is 13.5. The molecule has 6 aromatic rings. The fourth-order valence-electron chi connectivity index (χ4n) is 8.49. The zero-order chi connectivity index (χ0) is 53.9. The number of rotatable bonds is 16. The Morgan fingerprint density at radius 3 is 1.25 bits per heavy atom. The van der Waals surface area contributed by atoms with Crippen molar-refractivity contribution in [2.45, 2.75) is 161 Å². The van der Waals surface area contributed by atoms with Crippen molar-refractivity contribution < 1.29 is 39.4 Å². The SMILES string of the molecule is CC(C)(C)CC(O)COc1ccc2ccccc2c1.CC(C)(C)CC(O)COc1cccc2ccccc12.Cc1cc(C)c(OCC(O)CC(C)(C)C)c(C)c1.Cc1cccc(OCC(O)CC(C)(C)C)c1. The highest BCUT2D eigenvalue weighted by molar-refractivity contribution is 5.88. The van der Waals surface area contributed by atoms with E-state index >= 15 is 0 Å². The number of aliphatic hydroxyl groups is 4. The number of hydrogen-bond acceptors (Lipinski definition) is 8. The monoisotopic (exact) mass is 989 g/mol. The van der Waals surface area contributed by atoms with Crippen molar-refractivity contribution in [3.8, 4) is 23.0 Å². The topological polar surface area (TPSA) is 118 Å². The van der Waals surface area contributed by atoms with Crippen LogP contribution in [0.5, 0.6) is 23.0 Å². The van der Waals surface area contributed by atoms with Gasteiger partial charge in [-0.3, -0.25) is 0 Å². The Balaban J connectivity index is 0.000000254. The molecule has 396 valence electrons. The smallest absolute Gasteiger partial charge is 0.127 e. The zero-order valence-electron chi connectivity index (χ0n) is 46.9. The van der Waals surface area contributed by atoms with E-state index in [1.165, 1.54) is 16.5 Å². The first-order valence-electron chi connectivity index (χ1n) is 25.8. The van der Waals surface area contributed by atoms with E-state index in [-0.39, 0.29) is 21.7 Å². The van der Waals surface area contributed by atoms with Crippen molar-refractivity contribution in [1.29, 1.82) is 0 Å². The Kier molecular flexibility index (Phi) is 24.1. The van der Waals surface area contributed by atoms with Crippen LogP contribution in [-0.2, 0) is 0 Å². The molecule has 4 atom stereocenters. The molecule has 8 heteroatoms. The van der Waals surface area contributed by atoms with Gasteiger partial charge in [-0.25, -0.2) is 0 Å². The second-order valence-electron chi connectivity index (χ2n) is 24.4. The van der Waals surface area contributed by atoms with E-state index < -0.39 is 24.4 Å². The van der Waals surface area contributed by atoms with Gasteiger partial charge in [0, 0.05) is 5.39 Å². The van der Waals surface area contributed by atoms with Gasteiger partial charge >= 0.3 is 0 Å². The molecule has 6 rings (SSSR count). The average Bonchev–Trinajstić information content (AvgIpc) is 3.25. The van der Waals surface area contributed by atoms with Crippen LogP contribution in [-0.4, -0.2) is 71.3 Å². The number of aryl methyl sites for hydroxylation is 4. The van der Waals surface area contributed by atoms with Crippen LogP contribution in [0, 0.1) is 49.4 Å². The summed E-state index contributed by atoms with van der Waals surface area (Å²) in [5.41, 5.74) is 5.17. The summed E-state index contributed by atoms with van der Waals surface area (Å²) in [5.74, 6) is 3.39. The molecule has 0 aromatic heterocycles. The first-order chi connectivity index (χ1) is 33.4. The molecule has 0 fully saturated rings. The third kappa shape index (κ3) is 25.5. The third-order valence-corrected chi connectivity index (χ3v) is 11.2. The molecule has 0 aliphatic heterocycles. The lowest BCUT2D eigenvalue weighted by molar-refractivity contribution is 0.0703. The molecule has 0 amide bonds. The zero-order valence-corrected chi connectivity index (χ0v) is 46.9. The van der Waals surface area contributed by atoms with Crippen molar-refractivity contribution in [2.24, 2.45) is 21.7 Å². The standard InChI is InChI=1S/2C17H22O2.C16H26O2.C14H22O2/c1-17(2,3)11-14(18)12-19-16-10-6-8-13-7-4-5-9-15(13)16;1-17(2,3)11-15(18)12-19-16-9-8-13-6-4-5-7-14(13)10-16;1-11-7-12(2)15(13(3)8-11)18-10-14(17)9-16(4,5)6;1-11-6-5-7-13(8-11)16-10-12(15)9-14(2,3)4/h4-10,14,18H,11-12H2,1-3H3;4-10,15,18H,11-12H2,1-3H3;7-8,14,17H,9-10H2,1-6H3;5-8,12,15H,9-10H2,1-4H3. The van der Waals surface area contributed by atoms with Gasteiger partial charge in [0.15, 0.2) is 0 Å². The lowest BCUT2D eigenvalue weighted by atomic mass is 9.89. The van der Waals surface area contributed by atoms with Crippen molar-refractivity contribution in [3.05, 3.63) is 144 Å². The molecule has 0 bridgehead atoms. The van der Waals surface area contributed by atoms with Gasteiger partial charge in [-0.1, -0.05) is 180 Å². The molecular weight excluding hydrogens is 897 g/mol. The van der Waals surface area contributed by atoms with Crippen molar-refractivity contribution in [1.82, 2.24) is 0 Å². The minimum atomic E-state index is -0.432. The molecule has 0 saturated carbocycles. The Morgan fingerprint density at radius 2 is 0.764 bits per heavy atom. The molecule has 0 saturated heterocycles. The van der Waals surface area contributed by atoms with Crippen molar-refractivity contribution >= 4 is 21.5 Å². The van der Waals surface area contributed by atoms with Gasteiger partial charge < -0.3 is 39.4 Å². The summed E-state index contributed by atoms with van der Waals surface area (Å²) < 4.78 is 22.8. The predicted octanol–water partition coefficient (Wildman–Crippen LogP) is 15.0. The summed E-state index contributed by atoms with van der Waals surface area (Å²) in [6.45, 7) is 35.0. The maximum absolute atomic E-state index is 9.99. The summed E-state index contributed by atoms with van der Waals surface area (Å²) in [5, 5.41) is 44.3. The highest BCUT2D eigenvalue weighted by Crippen LogP contribution is 2.29. The minimum Gasteiger partial charge on any atom is -0.491 e. The van der Waals surface area contributed by atoms with Gasteiger partial charge in [-0.2, -0.15) is 0 Å².